The Labute approximate surface area is 378 Å². The molecule has 0 N–H and O–H groups in total. The molecule has 61 heavy (non-hydrogen) atoms. The standard InChI is InChI=1S/C55H98O6/c1-4-7-10-13-16-19-22-25-26-27-28-29-31-33-36-39-42-45-48-54(57)60-51-52(50-59-53(56)47-44-41-38-35-32-24-21-18-15-12-9-6-3)61-55(58)49-46-43-40-37-34-30-23-20-17-14-11-8-5-2/h8,11,14,17,20,23,30,34,52H,4-7,9-10,12-13,15-16,18-19,21-22,24-29,31-33,35-51H2,1-3H3/b11-8-,17-14-,23-20-,34-30-. The predicted molar refractivity (Wildman–Crippen MR) is 261 cm³/mol. The number of ether oxygens (including phenoxy) is 3. The van der Waals surface area contributed by atoms with Crippen molar-refractivity contribution >= 4 is 17.9 Å². The van der Waals surface area contributed by atoms with Crippen molar-refractivity contribution in [3.05, 3.63) is 48.6 Å². The maximum atomic E-state index is 12.8. The van der Waals surface area contributed by atoms with Crippen LogP contribution in [0.2, 0.25) is 0 Å². The Morgan fingerprint density at radius 3 is 1.00 bits per heavy atom. The van der Waals surface area contributed by atoms with Crippen LogP contribution in [0.15, 0.2) is 48.6 Å². The first-order valence-corrected chi connectivity index (χ1v) is 26.2. The van der Waals surface area contributed by atoms with E-state index in [0.717, 1.165) is 70.6 Å². The monoisotopic (exact) mass is 855 g/mol. The predicted octanol–water partition coefficient (Wildman–Crippen LogP) is 17.1. The lowest BCUT2D eigenvalue weighted by Gasteiger charge is -2.18. The summed E-state index contributed by atoms with van der Waals surface area (Å²) in [5.74, 6) is -0.915. The molecule has 6 nitrogen and oxygen atoms in total. The van der Waals surface area contributed by atoms with Crippen molar-refractivity contribution < 1.29 is 28.6 Å². The first kappa shape index (κ1) is 58.4. The Kier molecular flexibility index (Phi) is 47.9. The van der Waals surface area contributed by atoms with Crippen molar-refractivity contribution in [2.75, 3.05) is 13.2 Å². The molecule has 0 spiro atoms. The molecule has 0 fully saturated rings. The summed E-state index contributed by atoms with van der Waals surface area (Å²) in [7, 11) is 0. The molecule has 6 heteroatoms. The Hall–Kier alpha value is -2.63. The Bertz CT molecular complexity index is 1070. The fourth-order valence-electron chi connectivity index (χ4n) is 7.51. The summed E-state index contributed by atoms with van der Waals surface area (Å²) in [5.41, 5.74) is 0. The molecular formula is C55H98O6. The van der Waals surface area contributed by atoms with Crippen molar-refractivity contribution in [1.29, 1.82) is 0 Å². The molecule has 0 aliphatic rings. The number of esters is 3. The Balaban J connectivity index is 4.35. The van der Waals surface area contributed by atoms with E-state index in [4.69, 9.17) is 14.2 Å². The van der Waals surface area contributed by atoms with Crippen molar-refractivity contribution in [1.82, 2.24) is 0 Å². The molecule has 0 aromatic carbocycles. The normalized spacial score (nSPS) is 12.4. The summed E-state index contributed by atoms with van der Waals surface area (Å²) in [4.78, 5) is 37.9. The molecule has 0 aromatic rings. The van der Waals surface area contributed by atoms with E-state index in [0.29, 0.717) is 12.8 Å². The largest absolute Gasteiger partial charge is 0.462 e. The van der Waals surface area contributed by atoms with Crippen LogP contribution >= 0.6 is 0 Å². The van der Waals surface area contributed by atoms with Gasteiger partial charge in [-0.25, -0.2) is 0 Å². The second-order valence-electron chi connectivity index (χ2n) is 17.5. The first-order chi connectivity index (χ1) is 30.0. The summed E-state index contributed by atoms with van der Waals surface area (Å²) in [6.07, 6.45) is 59.6. The molecule has 0 amide bonds. The fourth-order valence-corrected chi connectivity index (χ4v) is 7.51. The first-order valence-electron chi connectivity index (χ1n) is 26.2. The molecule has 0 aliphatic carbocycles. The third-order valence-electron chi connectivity index (χ3n) is 11.4. The summed E-state index contributed by atoms with van der Waals surface area (Å²) in [6.45, 7) is 6.48. The van der Waals surface area contributed by atoms with Gasteiger partial charge in [-0.1, -0.05) is 256 Å². The molecule has 0 rings (SSSR count). The van der Waals surface area contributed by atoms with E-state index in [1.165, 1.54) is 154 Å². The SMILES string of the molecule is CC\C=C/C=C\C=C/C=C\CCCCCC(=O)OC(COC(=O)CCCCCCCCCCCCCC)COC(=O)CCCCCCCCCCCCCCCCCCCC. The molecule has 1 unspecified atom stereocenters. The van der Waals surface area contributed by atoms with Crippen LogP contribution in [-0.4, -0.2) is 37.2 Å². The number of rotatable bonds is 47. The van der Waals surface area contributed by atoms with Gasteiger partial charge in [0.2, 0.25) is 0 Å². The van der Waals surface area contributed by atoms with E-state index in [2.05, 4.69) is 39.0 Å². The lowest BCUT2D eigenvalue weighted by atomic mass is 10.0. The highest BCUT2D eigenvalue weighted by molar-refractivity contribution is 5.71. The van der Waals surface area contributed by atoms with E-state index in [-0.39, 0.29) is 37.5 Å². The van der Waals surface area contributed by atoms with Gasteiger partial charge in [0, 0.05) is 19.3 Å². The zero-order valence-corrected chi connectivity index (χ0v) is 40.4. The second kappa shape index (κ2) is 50.0. The molecule has 1 atom stereocenters. The van der Waals surface area contributed by atoms with Crippen molar-refractivity contribution in [3.63, 3.8) is 0 Å². The molecule has 354 valence electrons. The zero-order chi connectivity index (χ0) is 44.4. The van der Waals surface area contributed by atoms with Gasteiger partial charge in [0.25, 0.3) is 0 Å². The van der Waals surface area contributed by atoms with Crippen LogP contribution in [0.4, 0.5) is 0 Å². The van der Waals surface area contributed by atoms with Crippen LogP contribution in [0.3, 0.4) is 0 Å². The fraction of sp³-hybridized carbons (Fsp3) is 0.800. The van der Waals surface area contributed by atoms with Crippen LogP contribution < -0.4 is 0 Å². The molecule has 0 radical (unpaired) electrons. The molecule has 0 saturated carbocycles. The molecule has 0 aliphatic heterocycles. The van der Waals surface area contributed by atoms with Crippen LogP contribution in [0, 0.1) is 0 Å². The van der Waals surface area contributed by atoms with E-state index >= 15 is 0 Å². The van der Waals surface area contributed by atoms with Crippen molar-refractivity contribution in [2.24, 2.45) is 0 Å². The van der Waals surface area contributed by atoms with Gasteiger partial charge >= 0.3 is 17.9 Å². The molecular weight excluding hydrogens is 757 g/mol. The van der Waals surface area contributed by atoms with Crippen LogP contribution in [0.5, 0.6) is 0 Å². The highest BCUT2D eigenvalue weighted by Gasteiger charge is 2.19. The third-order valence-corrected chi connectivity index (χ3v) is 11.4. The third kappa shape index (κ3) is 48.3. The zero-order valence-electron chi connectivity index (χ0n) is 40.4. The van der Waals surface area contributed by atoms with E-state index in [9.17, 15) is 14.4 Å². The van der Waals surface area contributed by atoms with Crippen LogP contribution in [0.25, 0.3) is 0 Å². The number of allylic oxidation sites excluding steroid dienone is 8. The topological polar surface area (TPSA) is 78.9 Å². The second-order valence-corrected chi connectivity index (χ2v) is 17.5. The highest BCUT2D eigenvalue weighted by atomic mass is 16.6. The van der Waals surface area contributed by atoms with Gasteiger partial charge < -0.3 is 14.2 Å². The van der Waals surface area contributed by atoms with E-state index < -0.39 is 6.10 Å². The lowest BCUT2D eigenvalue weighted by Crippen LogP contribution is -2.30. The van der Waals surface area contributed by atoms with Crippen LogP contribution in [-0.2, 0) is 28.6 Å². The van der Waals surface area contributed by atoms with Gasteiger partial charge in [-0.2, -0.15) is 0 Å². The summed E-state index contributed by atoms with van der Waals surface area (Å²) < 4.78 is 16.8. The quantitative estimate of drug-likeness (QED) is 0.0263. The van der Waals surface area contributed by atoms with Gasteiger partial charge in [0.15, 0.2) is 6.10 Å². The molecule has 0 saturated heterocycles. The average molecular weight is 855 g/mol. The van der Waals surface area contributed by atoms with Gasteiger partial charge in [-0.05, 0) is 38.5 Å². The number of hydrogen-bond donors (Lipinski definition) is 0. The lowest BCUT2D eigenvalue weighted by molar-refractivity contribution is -0.167. The minimum Gasteiger partial charge on any atom is -0.462 e. The van der Waals surface area contributed by atoms with Gasteiger partial charge in [0.1, 0.15) is 13.2 Å². The number of carbonyl (C=O) groups is 3. The number of hydrogen-bond acceptors (Lipinski definition) is 6. The van der Waals surface area contributed by atoms with E-state index in [1.807, 2.05) is 30.4 Å². The highest BCUT2D eigenvalue weighted by Crippen LogP contribution is 2.16. The minimum atomic E-state index is -0.788. The average Bonchev–Trinajstić information content (AvgIpc) is 3.26. The van der Waals surface area contributed by atoms with Crippen LogP contribution in [0.1, 0.15) is 265 Å². The maximum absolute atomic E-state index is 12.8. The van der Waals surface area contributed by atoms with Crippen molar-refractivity contribution in [2.45, 2.75) is 271 Å². The molecule has 0 heterocycles. The summed E-state index contributed by atoms with van der Waals surface area (Å²) >= 11 is 0. The smallest absolute Gasteiger partial charge is 0.306 e. The minimum absolute atomic E-state index is 0.0854. The number of carbonyl (C=O) groups excluding carboxylic acids is 3. The molecule has 0 bridgehead atoms. The number of unbranched alkanes of at least 4 members (excludes halogenated alkanes) is 31. The van der Waals surface area contributed by atoms with Gasteiger partial charge in [-0.15, -0.1) is 0 Å². The summed E-state index contributed by atoms with van der Waals surface area (Å²) in [6, 6.07) is 0. The molecule has 0 aromatic heterocycles. The maximum Gasteiger partial charge on any atom is 0.306 e. The summed E-state index contributed by atoms with van der Waals surface area (Å²) in [5, 5.41) is 0. The Morgan fingerprint density at radius 1 is 0.344 bits per heavy atom. The Morgan fingerprint density at radius 2 is 0.639 bits per heavy atom. The van der Waals surface area contributed by atoms with Crippen molar-refractivity contribution in [3.8, 4) is 0 Å². The van der Waals surface area contributed by atoms with E-state index in [1.54, 1.807) is 0 Å². The van der Waals surface area contributed by atoms with Gasteiger partial charge in [-0.3, -0.25) is 14.4 Å². The van der Waals surface area contributed by atoms with Gasteiger partial charge in [0.05, 0.1) is 0 Å².